The molecule has 0 aliphatic carbocycles. The number of nitrogens with one attached hydrogen (secondary N) is 3. The minimum absolute atomic E-state index is 0.0643. The molecule has 7 N–H and O–H groups in total. The summed E-state index contributed by atoms with van der Waals surface area (Å²) in [5.41, 5.74) is 7.49. The number of aliphatic carboxylic acids is 1. The van der Waals surface area contributed by atoms with Crippen LogP contribution in [0.25, 0.3) is 10.9 Å². The Balaban J connectivity index is 1.67. The second kappa shape index (κ2) is 12.0. The van der Waals surface area contributed by atoms with Crippen LogP contribution in [0.2, 0.25) is 0 Å². The Labute approximate surface area is 209 Å². The van der Waals surface area contributed by atoms with E-state index >= 15 is 0 Å². The molecule has 11 nitrogen and oxygen atoms in total. The molecular formula is C25H35N5O6. The summed E-state index contributed by atoms with van der Waals surface area (Å²) in [5, 5.41) is 25.4. The van der Waals surface area contributed by atoms with E-state index in [0.29, 0.717) is 19.3 Å². The van der Waals surface area contributed by atoms with Crippen LogP contribution >= 0.6 is 0 Å². The number of aliphatic hydroxyl groups is 1. The summed E-state index contributed by atoms with van der Waals surface area (Å²) in [6, 6.07) is 3.29. The fourth-order valence-electron chi connectivity index (χ4n) is 4.57. The van der Waals surface area contributed by atoms with Crippen molar-refractivity contribution in [1.29, 1.82) is 0 Å². The number of benzene rings is 1. The Morgan fingerprint density at radius 1 is 1.17 bits per heavy atom. The number of aromatic nitrogens is 1. The highest BCUT2D eigenvalue weighted by Gasteiger charge is 2.39. The second-order valence-electron chi connectivity index (χ2n) is 9.63. The van der Waals surface area contributed by atoms with Crippen LogP contribution in [0.5, 0.6) is 0 Å². The predicted molar refractivity (Wildman–Crippen MR) is 133 cm³/mol. The molecule has 196 valence electrons. The first kappa shape index (κ1) is 27.2. The molecule has 1 aliphatic heterocycles. The van der Waals surface area contributed by atoms with Crippen molar-refractivity contribution in [3.8, 4) is 0 Å². The van der Waals surface area contributed by atoms with E-state index in [9.17, 15) is 29.4 Å². The highest BCUT2D eigenvalue weighted by molar-refractivity contribution is 5.95. The summed E-state index contributed by atoms with van der Waals surface area (Å²) in [4.78, 5) is 54.9. The zero-order chi connectivity index (χ0) is 26.4. The number of fused-ring (bicyclic) bond motifs is 1. The van der Waals surface area contributed by atoms with Gasteiger partial charge < -0.3 is 36.5 Å². The molecule has 36 heavy (non-hydrogen) atoms. The molecule has 1 fully saturated rings. The van der Waals surface area contributed by atoms with E-state index in [1.165, 1.54) is 4.90 Å². The van der Waals surface area contributed by atoms with Crippen molar-refractivity contribution in [2.45, 2.75) is 63.7 Å². The third-order valence-electron chi connectivity index (χ3n) is 6.41. The normalized spacial score (nSPS) is 18.1. The van der Waals surface area contributed by atoms with Crippen LogP contribution in [-0.2, 0) is 25.6 Å². The van der Waals surface area contributed by atoms with Gasteiger partial charge in [0, 0.05) is 30.1 Å². The monoisotopic (exact) mass is 501 g/mol. The summed E-state index contributed by atoms with van der Waals surface area (Å²) >= 11 is 0. The van der Waals surface area contributed by atoms with Crippen LogP contribution in [0.15, 0.2) is 30.5 Å². The van der Waals surface area contributed by atoms with Crippen molar-refractivity contribution in [1.82, 2.24) is 20.5 Å². The van der Waals surface area contributed by atoms with Crippen LogP contribution in [-0.4, -0.2) is 81.1 Å². The Morgan fingerprint density at radius 2 is 1.89 bits per heavy atom. The highest BCUT2D eigenvalue weighted by atomic mass is 16.4. The number of hydrogen-bond acceptors (Lipinski definition) is 6. The number of rotatable bonds is 11. The van der Waals surface area contributed by atoms with E-state index in [1.807, 2.05) is 38.1 Å². The summed E-state index contributed by atoms with van der Waals surface area (Å²) in [6.45, 7) is 3.43. The Hall–Kier alpha value is -3.44. The van der Waals surface area contributed by atoms with Crippen LogP contribution in [0.4, 0.5) is 0 Å². The lowest BCUT2D eigenvalue weighted by molar-refractivity contribution is -0.145. The largest absolute Gasteiger partial charge is 0.480 e. The molecule has 3 rings (SSSR count). The lowest BCUT2D eigenvalue weighted by Crippen LogP contribution is -2.58. The molecule has 2 heterocycles. The SMILES string of the molecule is CC(C)CC(N)C(=O)NC(CO)C(=O)N1CCCC1C(=O)NC(Cc1c[nH]c2ccccc12)C(=O)O. The zero-order valence-corrected chi connectivity index (χ0v) is 20.6. The van der Waals surface area contributed by atoms with Crippen LogP contribution in [0, 0.1) is 5.92 Å². The van der Waals surface area contributed by atoms with Gasteiger partial charge in [0.15, 0.2) is 0 Å². The maximum Gasteiger partial charge on any atom is 0.326 e. The van der Waals surface area contributed by atoms with Crippen molar-refractivity contribution >= 4 is 34.6 Å². The average Bonchev–Trinajstić information content (AvgIpc) is 3.48. The number of para-hydroxylation sites is 1. The summed E-state index contributed by atoms with van der Waals surface area (Å²) in [5.74, 6) is -2.77. The van der Waals surface area contributed by atoms with Crippen molar-refractivity contribution in [3.63, 3.8) is 0 Å². The van der Waals surface area contributed by atoms with E-state index < -0.39 is 54.5 Å². The second-order valence-corrected chi connectivity index (χ2v) is 9.63. The number of carboxylic acid groups (broad SMARTS) is 1. The van der Waals surface area contributed by atoms with Gasteiger partial charge in [-0.15, -0.1) is 0 Å². The molecule has 1 aliphatic rings. The molecule has 1 aromatic heterocycles. The number of likely N-dealkylation sites (tertiary alicyclic amines) is 1. The molecule has 0 radical (unpaired) electrons. The third kappa shape index (κ3) is 6.41. The number of hydrogen-bond donors (Lipinski definition) is 6. The number of carboxylic acids is 1. The van der Waals surface area contributed by atoms with Gasteiger partial charge in [0.2, 0.25) is 17.7 Å². The minimum Gasteiger partial charge on any atom is -0.480 e. The van der Waals surface area contributed by atoms with Gasteiger partial charge in [-0.25, -0.2) is 4.79 Å². The molecular weight excluding hydrogens is 466 g/mol. The number of nitrogens with zero attached hydrogens (tertiary/aromatic N) is 1. The average molecular weight is 502 g/mol. The van der Waals surface area contributed by atoms with Crippen molar-refractivity contribution in [2.24, 2.45) is 11.7 Å². The third-order valence-corrected chi connectivity index (χ3v) is 6.41. The Morgan fingerprint density at radius 3 is 2.56 bits per heavy atom. The summed E-state index contributed by atoms with van der Waals surface area (Å²) in [6.07, 6.45) is 3.07. The summed E-state index contributed by atoms with van der Waals surface area (Å²) in [7, 11) is 0. The first-order valence-electron chi connectivity index (χ1n) is 12.2. The van der Waals surface area contributed by atoms with E-state index in [0.717, 1.165) is 16.5 Å². The fourth-order valence-corrected chi connectivity index (χ4v) is 4.57. The Kier molecular flexibility index (Phi) is 9.05. The smallest absolute Gasteiger partial charge is 0.326 e. The minimum atomic E-state index is -1.24. The molecule has 1 saturated heterocycles. The number of carbonyl (C=O) groups is 4. The number of aliphatic hydroxyl groups excluding tert-OH is 1. The maximum atomic E-state index is 13.1. The molecule has 3 amide bonds. The quantitative estimate of drug-likeness (QED) is 0.253. The molecule has 2 aromatic rings. The maximum absolute atomic E-state index is 13.1. The fraction of sp³-hybridized carbons (Fsp3) is 0.520. The van der Waals surface area contributed by atoms with Crippen LogP contribution in [0.1, 0.15) is 38.7 Å². The molecule has 0 bridgehead atoms. The highest BCUT2D eigenvalue weighted by Crippen LogP contribution is 2.21. The van der Waals surface area contributed by atoms with E-state index in [-0.39, 0.29) is 18.9 Å². The predicted octanol–water partition coefficient (Wildman–Crippen LogP) is 0.121. The lowest BCUT2D eigenvalue weighted by Gasteiger charge is -2.29. The molecule has 4 atom stereocenters. The zero-order valence-electron chi connectivity index (χ0n) is 20.6. The first-order valence-corrected chi connectivity index (χ1v) is 12.2. The molecule has 4 unspecified atom stereocenters. The van der Waals surface area contributed by atoms with Crippen LogP contribution in [0.3, 0.4) is 0 Å². The Bertz CT molecular complexity index is 1100. The standard InChI is InChI=1S/C25H35N5O6/c1-14(2)10-17(26)22(32)29-20(13-31)24(34)30-9-5-8-21(30)23(33)28-19(25(35)36)11-15-12-27-18-7-4-3-6-16(15)18/h3-4,6-7,12,14,17,19-21,27,31H,5,8-11,13,26H2,1-2H3,(H,28,33)(H,29,32)(H,35,36). The topological polar surface area (TPSA) is 178 Å². The number of nitrogens with two attached hydrogens (primary N) is 1. The van der Waals surface area contributed by atoms with Crippen molar-refractivity contribution < 1.29 is 29.4 Å². The van der Waals surface area contributed by atoms with Gasteiger partial charge >= 0.3 is 5.97 Å². The number of amides is 3. The van der Waals surface area contributed by atoms with Gasteiger partial charge in [0.25, 0.3) is 0 Å². The first-order chi connectivity index (χ1) is 17.1. The van der Waals surface area contributed by atoms with Gasteiger partial charge in [-0.05, 0) is 36.8 Å². The molecule has 1 aromatic carbocycles. The van der Waals surface area contributed by atoms with Crippen molar-refractivity contribution in [2.75, 3.05) is 13.2 Å². The number of aromatic amines is 1. The number of H-pyrrole nitrogens is 1. The molecule has 0 spiro atoms. The van der Waals surface area contributed by atoms with Gasteiger partial charge in [0.1, 0.15) is 18.1 Å². The molecule has 11 heteroatoms. The lowest BCUT2D eigenvalue weighted by atomic mass is 10.0. The van der Waals surface area contributed by atoms with Gasteiger partial charge in [-0.3, -0.25) is 14.4 Å². The van der Waals surface area contributed by atoms with Crippen LogP contribution < -0.4 is 16.4 Å². The molecule has 0 saturated carbocycles. The summed E-state index contributed by atoms with van der Waals surface area (Å²) < 4.78 is 0. The van der Waals surface area contributed by atoms with Crippen molar-refractivity contribution in [3.05, 3.63) is 36.0 Å². The van der Waals surface area contributed by atoms with E-state index in [2.05, 4.69) is 15.6 Å². The number of carbonyl (C=O) groups excluding carboxylic acids is 3. The van der Waals surface area contributed by atoms with Gasteiger partial charge in [0.05, 0.1) is 12.6 Å². The van der Waals surface area contributed by atoms with E-state index in [1.54, 1.807) is 6.20 Å². The van der Waals surface area contributed by atoms with Gasteiger partial charge in [-0.2, -0.15) is 0 Å². The van der Waals surface area contributed by atoms with Gasteiger partial charge in [-0.1, -0.05) is 32.0 Å². The van der Waals surface area contributed by atoms with E-state index in [4.69, 9.17) is 5.73 Å².